The van der Waals surface area contributed by atoms with Gasteiger partial charge in [0.2, 0.25) is 0 Å². The van der Waals surface area contributed by atoms with Crippen LogP contribution in [0.5, 0.6) is 0 Å². The monoisotopic (exact) mass is 346 g/mol. The number of fused-ring (bicyclic) bond motifs is 1. The summed E-state index contributed by atoms with van der Waals surface area (Å²) in [7, 11) is 0. The molecule has 6 nitrogen and oxygen atoms in total. The van der Waals surface area contributed by atoms with Crippen molar-refractivity contribution in [3.63, 3.8) is 0 Å². The fourth-order valence-electron chi connectivity index (χ4n) is 2.33. The molecular weight excluding hydrogens is 336 g/mol. The Bertz CT molecular complexity index is 873. The number of nitrogens with zero attached hydrogens (tertiary/aromatic N) is 4. The highest BCUT2D eigenvalue weighted by molar-refractivity contribution is 9.10. The molecule has 2 aromatic heterocycles. The van der Waals surface area contributed by atoms with E-state index in [1.165, 1.54) is 6.07 Å². The molecule has 0 fully saturated rings. The van der Waals surface area contributed by atoms with Gasteiger partial charge in [0.25, 0.3) is 5.69 Å². The number of pyridine rings is 1. The van der Waals surface area contributed by atoms with Gasteiger partial charge < -0.3 is 0 Å². The summed E-state index contributed by atoms with van der Waals surface area (Å²) in [6.45, 7) is 3.84. The highest BCUT2D eigenvalue weighted by atomic mass is 79.9. The van der Waals surface area contributed by atoms with Gasteiger partial charge in [0.05, 0.1) is 26.5 Å². The van der Waals surface area contributed by atoms with Crippen LogP contribution in [0.3, 0.4) is 0 Å². The quantitative estimate of drug-likeness (QED) is 0.523. The van der Waals surface area contributed by atoms with E-state index in [0.29, 0.717) is 10.9 Å². The molecule has 0 amide bonds. The van der Waals surface area contributed by atoms with E-state index in [1.807, 2.05) is 19.9 Å². The number of nitro groups is 1. The molecule has 0 aliphatic carbocycles. The lowest BCUT2D eigenvalue weighted by molar-refractivity contribution is -0.383. The van der Waals surface area contributed by atoms with Crippen molar-refractivity contribution in [1.29, 1.82) is 0 Å². The largest absolute Gasteiger partial charge is 0.295 e. The molecule has 0 radical (unpaired) electrons. The summed E-state index contributed by atoms with van der Waals surface area (Å²) in [6, 6.07) is 6.74. The predicted octanol–water partition coefficient (Wildman–Crippen LogP) is 3.71. The molecule has 0 aliphatic heterocycles. The lowest BCUT2D eigenvalue weighted by Gasteiger charge is -2.08. The summed E-state index contributed by atoms with van der Waals surface area (Å²) in [4.78, 5) is 14.9. The van der Waals surface area contributed by atoms with Crippen LogP contribution in [0.1, 0.15) is 11.4 Å². The third-order valence-corrected chi connectivity index (χ3v) is 4.50. The first kappa shape index (κ1) is 13.7. The van der Waals surface area contributed by atoms with Gasteiger partial charge in [-0.25, -0.2) is 9.67 Å². The second kappa shape index (κ2) is 4.92. The standard InChI is InChI=1S/C14H11BrN4O2/c1-8-13(15)9(2)18(17-8)11-5-6-12(19(20)21)14-10(11)4-3-7-16-14/h3-7H,1-2H3. The number of hydrogen-bond acceptors (Lipinski definition) is 4. The highest BCUT2D eigenvalue weighted by Crippen LogP contribution is 2.31. The Labute approximate surface area is 128 Å². The van der Waals surface area contributed by atoms with Crippen molar-refractivity contribution in [3.05, 3.63) is 56.4 Å². The Kier molecular flexibility index (Phi) is 3.21. The number of halogens is 1. The molecule has 0 aliphatic rings. The van der Waals surface area contributed by atoms with Crippen molar-refractivity contribution < 1.29 is 4.92 Å². The summed E-state index contributed by atoms with van der Waals surface area (Å²) in [5, 5.41) is 16.3. The van der Waals surface area contributed by atoms with E-state index < -0.39 is 4.92 Å². The molecule has 0 spiro atoms. The second-order valence-electron chi connectivity index (χ2n) is 4.66. The first-order valence-corrected chi connectivity index (χ1v) is 7.04. The zero-order valence-corrected chi connectivity index (χ0v) is 13.0. The van der Waals surface area contributed by atoms with Crippen molar-refractivity contribution in [2.45, 2.75) is 13.8 Å². The van der Waals surface area contributed by atoms with E-state index in [-0.39, 0.29) is 5.69 Å². The molecule has 1 aromatic carbocycles. The molecular formula is C14H11BrN4O2. The maximum atomic E-state index is 11.1. The van der Waals surface area contributed by atoms with Gasteiger partial charge in [-0.15, -0.1) is 0 Å². The molecule has 0 N–H and O–H groups in total. The molecule has 106 valence electrons. The first-order chi connectivity index (χ1) is 10.0. The van der Waals surface area contributed by atoms with Crippen molar-refractivity contribution in [2.75, 3.05) is 0 Å². The van der Waals surface area contributed by atoms with Gasteiger partial charge in [0.15, 0.2) is 0 Å². The van der Waals surface area contributed by atoms with Gasteiger partial charge in [-0.1, -0.05) is 0 Å². The Morgan fingerprint density at radius 3 is 2.67 bits per heavy atom. The van der Waals surface area contributed by atoms with Crippen LogP contribution in [-0.4, -0.2) is 19.7 Å². The van der Waals surface area contributed by atoms with Gasteiger partial charge in [0, 0.05) is 17.6 Å². The van der Waals surface area contributed by atoms with Gasteiger partial charge >= 0.3 is 0 Å². The van der Waals surface area contributed by atoms with E-state index >= 15 is 0 Å². The van der Waals surface area contributed by atoms with Crippen LogP contribution in [0.15, 0.2) is 34.9 Å². The summed E-state index contributed by atoms with van der Waals surface area (Å²) < 4.78 is 2.70. The zero-order valence-electron chi connectivity index (χ0n) is 11.4. The minimum Gasteiger partial charge on any atom is -0.258 e. The van der Waals surface area contributed by atoms with E-state index in [2.05, 4.69) is 26.0 Å². The van der Waals surface area contributed by atoms with Crippen molar-refractivity contribution in [3.8, 4) is 5.69 Å². The Morgan fingerprint density at radius 1 is 1.29 bits per heavy atom. The predicted molar refractivity (Wildman–Crippen MR) is 82.7 cm³/mol. The smallest absolute Gasteiger partial charge is 0.258 e. The second-order valence-corrected chi connectivity index (χ2v) is 5.45. The van der Waals surface area contributed by atoms with Gasteiger partial charge in [0.1, 0.15) is 5.52 Å². The molecule has 0 saturated heterocycles. The van der Waals surface area contributed by atoms with Crippen LogP contribution in [-0.2, 0) is 0 Å². The first-order valence-electron chi connectivity index (χ1n) is 6.25. The van der Waals surface area contributed by atoms with Gasteiger partial charge in [-0.2, -0.15) is 5.10 Å². The SMILES string of the molecule is Cc1nn(-c2ccc([N+](=O)[O-])c3ncccc23)c(C)c1Br. The summed E-state index contributed by atoms with van der Waals surface area (Å²) >= 11 is 3.49. The maximum Gasteiger partial charge on any atom is 0.295 e. The van der Waals surface area contributed by atoms with Crippen LogP contribution in [0.25, 0.3) is 16.6 Å². The van der Waals surface area contributed by atoms with E-state index in [1.54, 1.807) is 23.0 Å². The molecule has 0 unspecified atom stereocenters. The zero-order chi connectivity index (χ0) is 15.1. The minimum atomic E-state index is -0.420. The lowest BCUT2D eigenvalue weighted by Crippen LogP contribution is -2.02. The Hall–Kier alpha value is -2.28. The van der Waals surface area contributed by atoms with Crippen LogP contribution < -0.4 is 0 Å². The number of aromatic nitrogens is 3. The minimum absolute atomic E-state index is 0.00468. The fraction of sp³-hybridized carbons (Fsp3) is 0.143. The lowest BCUT2D eigenvalue weighted by atomic mass is 10.1. The van der Waals surface area contributed by atoms with Crippen LogP contribution >= 0.6 is 15.9 Å². The number of benzene rings is 1. The normalized spacial score (nSPS) is 11.0. The van der Waals surface area contributed by atoms with E-state index in [4.69, 9.17) is 0 Å². The van der Waals surface area contributed by atoms with Crippen LogP contribution in [0.2, 0.25) is 0 Å². The maximum absolute atomic E-state index is 11.1. The number of hydrogen-bond donors (Lipinski definition) is 0. The molecule has 7 heteroatoms. The van der Waals surface area contributed by atoms with Crippen molar-refractivity contribution in [1.82, 2.24) is 14.8 Å². The molecule has 0 saturated carbocycles. The molecule has 0 atom stereocenters. The van der Waals surface area contributed by atoms with E-state index in [0.717, 1.165) is 21.5 Å². The topological polar surface area (TPSA) is 73.8 Å². The molecule has 21 heavy (non-hydrogen) atoms. The third-order valence-electron chi connectivity index (χ3n) is 3.35. The van der Waals surface area contributed by atoms with Crippen LogP contribution in [0, 0.1) is 24.0 Å². The number of aryl methyl sites for hydroxylation is 1. The summed E-state index contributed by atoms with van der Waals surface area (Å²) in [5.74, 6) is 0. The van der Waals surface area contributed by atoms with E-state index in [9.17, 15) is 10.1 Å². The average molecular weight is 347 g/mol. The molecule has 2 heterocycles. The third kappa shape index (κ3) is 2.09. The van der Waals surface area contributed by atoms with Crippen molar-refractivity contribution >= 4 is 32.5 Å². The Morgan fingerprint density at radius 2 is 2.05 bits per heavy atom. The number of nitro benzene ring substituents is 1. The highest BCUT2D eigenvalue weighted by Gasteiger charge is 2.18. The summed E-state index contributed by atoms with van der Waals surface area (Å²) in [5.41, 5.74) is 2.93. The van der Waals surface area contributed by atoms with Crippen LogP contribution in [0.4, 0.5) is 5.69 Å². The average Bonchev–Trinajstić information content (AvgIpc) is 2.73. The van der Waals surface area contributed by atoms with Gasteiger partial charge in [-0.05, 0) is 48.0 Å². The Balaban J connectivity index is 2.37. The molecule has 3 rings (SSSR count). The summed E-state index contributed by atoms with van der Waals surface area (Å²) in [6.07, 6.45) is 1.55. The number of rotatable bonds is 2. The fourth-order valence-corrected chi connectivity index (χ4v) is 2.58. The van der Waals surface area contributed by atoms with Gasteiger partial charge in [-0.3, -0.25) is 10.1 Å². The van der Waals surface area contributed by atoms with Crippen molar-refractivity contribution in [2.24, 2.45) is 0 Å². The molecule has 0 bridgehead atoms. The molecule has 3 aromatic rings. The number of non-ortho nitro benzene ring substituents is 1.